The summed E-state index contributed by atoms with van der Waals surface area (Å²) in [6.07, 6.45) is -9.17. The summed E-state index contributed by atoms with van der Waals surface area (Å²) < 4.78 is 79.8. The molecule has 2 heterocycles. The van der Waals surface area contributed by atoms with Gasteiger partial charge in [-0.25, -0.2) is 0 Å². The molecule has 0 bridgehead atoms. The number of nitrogens with zero attached hydrogens (tertiary/aromatic N) is 4. The van der Waals surface area contributed by atoms with E-state index in [2.05, 4.69) is 10.2 Å². The summed E-state index contributed by atoms with van der Waals surface area (Å²) in [6, 6.07) is 6.26. The van der Waals surface area contributed by atoms with Gasteiger partial charge >= 0.3 is 12.4 Å². The van der Waals surface area contributed by atoms with Crippen LogP contribution in [-0.4, -0.2) is 30.9 Å². The van der Waals surface area contributed by atoms with Crippen molar-refractivity contribution < 1.29 is 31.1 Å². The van der Waals surface area contributed by atoms with Crippen LogP contribution >= 0.6 is 11.8 Å². The van der Waals surface area contributed by atoms with Crippen LogP contribution in [0.1, 0.15) is 33.1 Å². The molecule has 12 heteroatoms. The third kappa shape index (κ3) is 4.63. The van der Waals surface area contributed by atoms with Crippen molar-refractivity contribution in [2.75, 3.05) is 5.75 Å². The molecule has 0 aliphatic rings. The normalized spacial score (nSPS) is 12.4. The second kappa shape index (κ2) is 8.06. The predicted octanol–water partition coefficient (Wildman–Crippen LogP) is 5.24. The van der Waals surface area contributed by atoms with Gasteiger partial charge in [0.25, 0.3) is 0 Å². The van der Waals surface area contributed by atoms with E-state index in [1.54, 1.807) is 13.8 Å². The number of ketones is 1. The molecule has 0 spiro atoms. The zero-order chi connectivity index (χ0) is 23.1. The Balaban J connectivity index is 1.84. The summed E-state index contributed by atoms with van der Waals surface area (Å²) >= 11 is 0.794. The minimum atomic E-state index is -4.67. The average molecular weight is 462 g/mol. The largest absolute Gasteiger partial charge is 0.451 e. The fourth-order valence-corrected chi connectivity index (χ4v) is 3.95. The quantitative estimate of drug-likeness (QED) is 0.296. The number of hydrogen-bond donors (Lipinski definition) is 0. The number of carbonyl (C=O) groups is 1. The van der Waals surface area contributed by atoms with Gasteiger partial charge in [-0.1, -0.05) is 17.8 Å². The molecular formula is C19H16F6N4OS. The zero-order valence-corrected chi connectivity index (χ0v) is 17.3. The molecule has 0 amide bonds. The molecule has 2 aromatic heterocycles. The number of thioether (sulfide) groups is 1. The maximum Gasteiger partial charge on any atom is 0.451 e. The van der Waals surface area contributed by atoms with Gasteiger partial charge in [0.2, 0.25) is 5.82 Å². The summed E-state index contributed by atoms with van der Waals surface area (Å²) in [5.74, 6) is -1.78. The van der Waals surface area contributed by atoms with Crippen molar-refractivity contribution in [3.8, 4) is 5.69 Å². The zero-order valence-electron chi connectivity index (χ0n) is 16.5. The van der Waals surface area contributed by atoms with Crippen molar-refractivity contribution in [1.29, 1.82) is 0 Å². The standard InChI is InChI=1S/C19H16F6N4OS/c1-10-7-14(11(2)29(10)13-6-4-5-12(8-13)18(20,21)22)15(30)9-31-17-27-26-16(28(17)3)19(23,24)25/h4-8H,9H2,1-3H3. The van der Waals surface area contributed by atoms with Crippen LogP contribution in [0.15, 0.2) is 35.5 Å². The highest BCUT2D eigenvalue weighted by atomic mass is 32.2. The molecule has 0 atom stereocenters. The molecule has 5 nitrogen and oxygen atoms in total. The fraction of sp³-hybridized carbons (Fsp3) is 0.316. The van der Waals surface area contributed by atoms with E-state index in [0.29, 0.717) is 11.4 Å². The Morgan fingerprint density at radius 2 is 1.71 bits per heavy atom. The predicted molar refractivity (Wildman–Crippen MR) is 101 cm³/mol. The van der Waals surface area contributed by atoms with Gasteiger partial charge in [-0.15, -0.1) is 10.2 Å². The first kappa shape index (κ1) is 22.9. The van der Waals surface area contributed by atoms with E-state index in [9.17, 15) is 31.1 Å². The SMILES string of the molecule is Cc1cc(C(=O)CSc2nnc(C(F)(F)F)n2C)c(C)n1-c1cccc(C(F)(F)F)c1. The van der Waals surface area contributed by atoms with Crippen LogP contribution in [0.3, 0.4) is 0 Å². The number of hydrogen-bond acceptors (Lipinski definition) is 4. The molecule has 0 saturated carbocycles. The Hall–Kier alpha value is -2.76. The fourth-order valence-electron chi connectivity index (χ4n) is 3.16. The molecule has 0 saturated heterocycles. The number of benzene rings is 1. The summed E-state index contributed by atoms with van der Waals surface area (Å²) in [6.45, 7) is 3.24. The summed E-state index contributed by atoms with van der Waals surface area (Å²) in [4.78, 5) is 12.7. The van der Waals surface area contributed by atoms with Crippen molar-refractivity contribution in [3.05, 3.63) is 58.7 Å². The highest BCUT2D eigenvalue weighted by Gasteiger charge is 2.37. The Bertz CT molecular complexity index is 1130. The van der Waals surface area contributed by atoms with Gasteiger partial charge in [0.1, 0.15) is 0 Å². The Labute approximate surface area is 177 Å². The maximum atomic E-state index is 13.0. The van der Waals surface area contributed by atoms with Gasteiger partial charge in [0.05, 0.1) is 11.3 Å². The molecule has 1 aromatic carbocycles. The Morgan fingerprint density at radius 1 is 1.03 bits per heavy atom. The van der Waals surface area contributed by atoms with Gasteiger partial charge in [0.15, 0.2) is 10.9 Å². The molecule has 31 heavy (non-hydrogen) atoms. The van der Waals surface area contributed by atoms with Gasteiger partial charge in [-0.2, -0.15) is 26.3 Å². The lowest BCUT2D eigenvalue weighted by molar-refractivity contribution is -0.147. The molecular weight excluding hydrogens is 446 g/mol. The third-order valence-corrected chi connectivity index (χ3v) is 5.60. The monoisotopic (exact) mass is 462 g/mol. The first-order chi connectivity index (χ1) is 14.3. The van der Waals surface area contributed by atoms with Gasteiger partial charge < -0.3 is 9.13 Å². The second-order valence-corrected chi connectivity index (χ2v) is 7.69. The van der Waals surface area contributed by atoms with Crippen LogP contribution in [0.25, 0.3) is 5.69 Å². The van der Waals surface area contributed by atoms with Gasteiger partial charge in [0, 0.05) is 29.7 Å². The van der Waals surface area contributed by atoms with E-state index in [1.807, 2.05) is 0 Å². The summed E-state index contributed by atoms with van der Waals surface area (Å²) in [5.41, 5.74) is 0.670. The molecule has 3 aromatic rings. The summed E-state index contributed by atoms with van der Waals surface area (Å²) in [7, 11) is 1.15. The van der Waals surface area contributed by atoms with Crippen LogP contribution in [-0.2, 0) is 19.4 Å². The van der Waals surface area contributed by atoms with Crippen LogP contribution in [0.2, 0.25) is 0 Å². The van der Waals surface area contributed by atoms with Crippen LogP contribution in [0.5, 0.6) is 0 Å². The average Bonchev–Trinajstić information content (AvgIpc) is 3.18. The van der Waals surface area contributed by atoms with E-state index in [1.165, 1.54) is 22.8 Å². The van der Waals surface area contributed by atoms with E-state index in [4.69, 9.17) is 0 Å². The Morgan fingerprint density at radius 3 is 2.29 bits per heavy atom. The van der Waals surface area contributed by atoms with E-state index in [0.717, 1.165) is 35.5 Å². The number of Topliss-reactive ketones (excluding diaryl/α,β-unsaturated/α-hetero) is 1. The van der Waals surface area contributed by atoms with Crippen molar-refractivity contribution in [1.82, 2.24) is 19.3 Å². The number of carbonyl (C=O) groups excluding carboxylic acids is 1. The molecule has 0 aliphatic carbocycles. The number of aromatic nitrogens is 4. The van der Waals surface area contributed by atoms with E-state index >= 15 is 0 Å². The van der Waals surface area contributed by atoms with Crippen molar-refractivity contribution >= 4 is 17.5 Å². The summed E-state index contributed by atoms with van der Waals surface area (Å²) in [5, 5.41) is 6.49. The minimum absolute atomic E-state index is 0.0765. The lowest BCUT2D eigenvalue weighted by Crippen LogP contribution is -2.13. The maximum absolute atomic E-state index is 13.0. The van der Waals surface area contributed by atoms with Crippen LogP contribution in [0, 0.1) is 13.8 Å². The molecule has 0 N–H and O–H groups in total. The highest BCUT2D eigenvalue weighted by molar-refractivity contribution is 7.99. The van der Waals surface area contributed by atoms with E-state index in [-0.39, 0.29) is 22.2 Å². The first-order valence-corrected chi connectivity index (χ1v) is 9.78. The minimum Gasteiger partial charge on any atom is -0.318 e. The van der Waals surface area contributed by atoms with Crippen molar-refractivity contribution in [2.45, 2.75) is 31.4 Å². The third-order valence-electron chi connectivity index (χ3n) is 4.58. The lowest BCUT2D eigenvalue weighted by Gasteiger charge is -2.13. The molecule has 3 rings (SSSR count). The topological polar surface area (TPSA) is 52.7 Å². The van der Waals surface area contributed by atoms with Crippen molar-refractivity contribution in [2.24, 2.45) is 7.05 Å². The molecule has 0 aliphatic heterocycles. The highest BCUT2D eigenvalue weighted by Crippen LogP contribution is 2.32. The molecule has 0 fully saturated rings. The van der Waals surface area contributed by atoms with Crippen molar-refractivity contribution in [3.63, 3.8) is 0 Å². The van der Waals surface area contributed by atoms with Gasteiger partial charge in [-0.3, -0.25) is 4.79 Å². The first-order valence-electron chi connectivity index (χ1n) is 8.80. The number of halogens is 6. The number of aryl methyl sites for hydroxylation is 1. The second-order valence-electron chi connectivity index (χ2n) is 6.74. The van der Waals surface area contributed by atoms with Crippen LogP contribution < -0.4 is 0 Å². The molecule has 0 unspecified atom stereocenters. The smallest absolute Gasteiger partial charge is 0.318 e. The Kier molecular flexibility index (Phi) is 5.96. The number of alkyl halides is 6. The lowest BCUT2D eigenvalue weighted by atomic mass is 10.1. The van der Waals surface area contributed by atoms with Crippen LogP contribution in [0.4, 0.5) is 26.3 Å². The van der Waals surface area contributed by atoms with Gasteiger partial charge in [-0.05, 0) is 38.1 Å². The molecule has 0 radical (unpaired) electrons. The van der Waals surface area contributed by atoms with E-state index < -0.39 is 29.5 Å². The molecule has 166 valence electrons. The number of rotatable bonds is 5.